The van der Waals surface area contributed by atoms with Crippen molar-refractivity contribution >= 4 is 17.7 Å². The third kappa shape index (κ3) is 14.3. The Morgan fingerprint density at radius 2 is 0.947 bits per heavy atom. The summed E-state index contributed by atoms with van der Waals surface area (Å²) in [6.07, 6.45) is 7.45. The van der Waals surface area contributed by atoms with Crippen LogP contribution in [0, 0.1) is 0 Å². The van der Waals surface area contributed by atoms with Gasteiger partial charge in [0, 0.05) is 82.4 Å². The lowest BCUT2D eigenvalue weighted by atomic mass is 10.2. The van der Waals surface area contributed by atoms with Gasteiger partial charge in [-0.2, -0.15) is 0 Å². The van der Waals surface area contributed by atoms with E-state index in [-0.39, 0.29) is 43.9 Å². The normalized spacial score (nSPS) is 9.68. The average molecular weight is 525 g/mol. The summed E-state index contributed by atoms with van der Waals surface area (Å²) in [5.41, 5.74) is 2.33. The molecule has 9 heteroatoms. The summed E-state index contributed by atoms with van der Waals surface area (Å²) in [4.78, 5) is 41.5. The van der Waals surface area contributed by atoms with E-state index in [1.165, 1.54) is 17.1 Å². The summed E-state index contributed by atoms with van der Waals surface area (Å²) in [5, 5.41) is 9.02. The molecule has 3 amide bonds. The van der Waals surface area contributed by atoms with Crippen LogP contribution in [0.2, 0.25) is 0 Å². The predicted molar refractivity (Wildman–Crippen MR) is 157 cm³/mol. The molecule has 38 heavy (non-hydrogen) atoms. The summed E-state index contributed by atoms with van der Waals surface area (Å²) >= 11 is 0. The van der Waals surface area contributed by atoms with Crippen LogP contribution in [0.4, 0.5) is 0 Å². The molecule has 208 valence electrons. The average Bonchev–Trinajstić information content (AvgIpc) is 2.93. The smallest absolute Gasteiger partial charge is 0.246 e. The molecule has 0 saturated heterocycles. The number of nitrogens with zero attached hydrogens (tertiary/aromatic N) is 3. The van der Waals surface area contributed by atoms with Crippen LogP contribution < -0.4 is 16.0 Å². The van der Waals surface area contributed by atoms with Crippen LogP contribution in [0.3, 0.4) is 0 Å². The van der Waals surface area contributed by atoms with Crippen molar-refractivity contribution < 1.29 is 14.4 Å². The zero-order valence-electron chi connectivity index (χ0n) is 22.7. The number of hydrogen-bond acceptors (Lipinski definition) is 6. The highest BCUT2D eigenvalue weighted by atomic mass is 16.2. The van der Waals surface area contributed by atoms with E-state index >= 15 is 0 Å². The molecule has 0 heterocycles. The second-order valence-electron chi connectivity index (χ2n) is 8.17. The summed E-state index contributed by atoms with van der Waals surface area (Å²) in [5.74, 6) is -0.861. The fraction of sp³-hybridized carbons (Fsp3) is 0.345. The van der Waals surface area contributed by atoms with E-state index in [4.69, 9.17) is 0 Å². The maximum Gasteiger partial charge on any atom is 0.246 e. The van der Waals surface area contributed by atoms with Gasteiger partial charge in [-0.05, 0) is 30.4 Å². The molecule has 0 bridgehead atoms. The Hall–Kier alpha value is -4.27. The van der Waals surface area contributed by atoms with E-state index in [9.17, 15) is 14.4 Å². The van der Waals surface area contributed by atoms with Gasteiger partial charge in [0.25, 0.3) is 0 Å². The highest BCUT2D eigenvalue weighted by molar-refractivity contribution is 5.88. The first-order chi connectivity index (χ1) is 18.1. The molecule has 0 spiro atoms. The maximum atomic E-state index is 12.6. The van der Waals surface area contributed by atoms with Gasteiger partial charge in [0.05, 0.1) is 0 Å². The molecule has 0 unspecified atom stereocenters. The van der Waals surface area contributed by atoms with Crippen LogP contribution in [-0.4, -0.2) is 91.3 Å². The standard InChI is InChI=1S/C29H44N6O3/c1-9-24(6)30-15-19-33(20-16-31-25(7)10-2)26(8)14-18-34(28(37)12-4)22-23-35(29(38)13-5)21-17-32-27(36)11-3/h9-13,30-31H,1-8,14-23H2,(H,32,36). The molecule has 0 aromatic heterocycles. The van der Waals surface area contributed by atoms with E-state index in [1.807, 2.05) is 0 Å². The van der Waals surface area contributed by atoms with Crippen molar-refractivity contribution in [1.29, 1.82) is 0 Å². The highest BCUT2D eigenvalue weighted by Crippen LogP contribution is 2.09. The van der Waals surface area contributed by atoms with Gasteiger partial charge >= 0.3 is 0 Å². The fourth-order valence-corrected chi connectivity index (χ4v) is 3.25. The van der Waals surface area contributed by atoms with Crippen molar-refractivity contribution in [2.75, 3.05) is 58.9 Å². The SMILES string of the molecule is C=CC(=C)NCCN(CCNC(=C)C=C)C(=C)CCN(CCN(CCNC(=O)C=C)C(=O)C=C)C(=O)C=C. The van der Waals surface area contributed by atoms with Gasteiger partial charge in [-0.15, -0.1) is 0 Å². The summed E-state index contributed by atoms with van der Waals surface area (Å²) in [6, 6.07) is 0. The molecule has 0 radical (unpaired) electrons. The lowest BCUT2D eigenvalue weighted by molar-refractivity contribution is -0.130. The van der Waals surface area contributed by atoms with Gasteiger partial charge in [0.2, 0.25) is 17.7 Å². The fourth-order valence-electron chi connectivity index (χ4n) is 3.25. The van der Waals surface area contributed by atoms with E-state index in [2.05, 4.69) is 73.5 Å². The zero-order chi connectivity index (χ0) is 28.9. The van der Waals surface area contributed by atoms with E-state index in [1.54, 1.807) is 17.1 Å². The Morgan fingerprint density at radius 3 is 1.37 bits per heavy atom. The number of carbonyl (C=O) groups excluding carboxylic acids is 3. The quantitative estimate of drug-likeness (QED) is 0.140. The predicted octanol–water partition coefficient (Wildman–Crippen LogP) is 2.10. The molecule has 0 rings (SSSR count). The van der Waals surface area contributed by atoms with Gasteiger partial charge in [0.15, 0.2) is 0 Å². The van der Waals surface area contributed by atoms with E-state index in [0.29, 0.717) is 39.1 Å². The van der Waals surface area contributed by atoms with Crippen molar-refractivity contribution in [3.05, 3.63) is 100 Å². The van der Waals surface area contributed by atoms with Crippen LogP contribution in [-0.2, 0) is 14.4 Å². The van der Waals surface area contributed by atoms with Crippen molar-refractivity contribution in [2.24, 2.45) is 0 Å². The maximum absolute atomic E-state index is 12.6. The van der Waals surface area contributed by atoms with Crippen molar-refractivity contribution in [3.8, 4) is 0 Å². The minimum absolute atomic E-state index is 0.247. The Balaban J connectivity index is 5.21. The lowest BCUT2D eigenvalue weighted by Crippen LogP contribution is -2.43. The van der Waals surface area contributed by atoms with Crippen LogP contribution in [0.15, 0.2) is 100 Å². The minimum Gasteiger partial charge on any atom is -0.384 e. The number of nitrogens with one attached hydrogen (secondary N) is 3. The molecule has 0 aliphatic carbocycles. The van der Waals surface area contributed by atoms with Gasteiger partial charge in [-0.25, -0.2) is 0 Å². The minimum atomic E-state index is -0.324. The molecule has 9 nitrogen and oxygen atoms in total. The van der Waals surface area contributed by atoms with Gasteiger partial charge in [-0.1, -0.05) is 52.6 Å². The molecule has 0 aliphatic heterocycles. The molecule has 3 N–H and O–H groups in total. The Labute approximate surface area is 228 Å². The van der Waals surface area contributed by atoms with Crippen LogP contribution in [0.5, 0.6) is 0 Å². The van der Waals surface area contributed by atoms with Gasteiger partial charge in [0.1, 0.15) is 0 Å². The largest absolute Gasteiger partial charge is 0.384 e. The van der Waals surface area contributed by atoms with Crippen molar-refractivity contribution in [3.63, 3.8) is 0 Å². The zero-order valence-corrected chi connectivity index (χ0v) is 22.7. The third-order valence-corrected chi connectivity index (χ3v) is 5.56. The Kier molecular flexibility index (Phi) is 17.6. The van der Waals surface area contributed by atoms with E-state index in [0.717, 1.165) is 23.2 Å². The molecular weight excluding hydrogens is 480 g/mol. The second kappa shape index (κ2) is 19.9. The molecule has 0 atom stereocenters. The number of rotatable bonds is 23. The first-order valence-electron chi connectivity index (χ1n) is 12.4. The molecule has 0 aromatic carbocycles. The topological polar surface area (TPSA) is 97.0 Å². The van der Waals surface area contributed by atoms with Crippen molar-refractivity contribution in [1.82, 2.24) is 30.7 Å². The summed E-state index contributed by atoms with van der Waals surface area (Å²) in [6.45, 7) is 34.0. The second-order valence-corrected chi connectivity index (χ2v) is 8.17. The van der Waals surface area contributed by atoms with Crippen molar-refractivity contribution in [2.45, 2.75) is 6.42 Å². The summed E-state index contributed by atoms with van der Waals surface area (Å²) < 4.78 is 0. The third-order valence-electron chi connectivity index (χ3n) is 5.56. The number of amides is 3. The van der Waals surface area contributed by atoms with Gasteiger partial charge < -0.3 is 30.7 Å². The van der Waals surface area contributed by atoms with E-state index < -0.39 is 0 Å². The number of hydrogen-bond donors (Lipinski definition) is 3. The Bertz CT molecular complexity index is 882. The molecule has 0 fully saturated rings. The van der Waals surface area contributed by atoms with Crippen LogP contribution >= 0.6 is 0 Å². The molecular formula is C29H44N6O3. The molecule has 0 saturated carbocycles. The number of allylic oxidation sites excluding steroid dienone is 2. The molecule has 0 aromatic rings. The first-order valence-corrected chi connectivity index (χ1v) is 12.4. The highest BCUT2D eigenvalue weighted by Gasteiger charge is 2.17. The monoisotopic (exact) mass is 524 g/mol. The van der Waals surface area contributed by atoms with Gasteiger partial charge in [-0.3, -0.25) is 14.4 Å². The van der Waals surface area contributed by atoms with Crippen LogP contribution in [0.25, 0.3) is 0 Å². The summed E-state index contributed by atoms with van der Waals surface area (Å²) in [7, 11) is 0. The van der Waals surface area contributed by atoms with Crippen LogP contribution in [0.1, 0.15) is 6.42 Å². The lowest BCUT2D eigenvalue weighted by Gasteiger charge is -2.30. The number of carbonyl (C=O) groups is 3. The first kappa shape index (κ1) is 33.7. The molecule has 0 aliphatic rings. The Morgan fingerprint density at radius 1 is 0.526 bits per heavy atom.